The lowest BCUT2D eigenvalue weighted by molar-refractivity contribution is -0.115. The van der Waals surface area contributed by atoms with Crippen LogP contribution in [0.2, 0.25) is 0 Å². The van der Waals surface area contributed by atoms with Crippen molar-refractivity contribution in [3.63, 3.8) is 0 Å². The molecule has 66 valence electrons. The maximum atomic E-state index is 11.2. The number of benzene rings is 1. The van der Waals surface area contributed by atoms with Gasteiger partial charge in [0.2, 0.25) is 5.91 Å². The van der Waals surface area contributed by atoms with Gasteiger partial charge in [0, 0.05) is 6.21 Å². The fourth-order valence-electron chi connectivity index (χ4n) is 1.29. The zero-order valence-electron chi connectivity index (χ0n) is 7.37. The third-order valence-electron chi connectivity index (χ3n) is 1.93. The number of aryl methyl sites for hydroxylation is 1. The molecule has 0 fully saturated rings. The van der Waals surface area contributed by atoms with E-state index in [0.717, 1.165) is 16.9 Å². The Balaban J connectivity index is 2.49. The van der Waals surface area contributed by atoms with Crippen molar-refractivity contribution in [3.05, 3.63) is 23.8 Å². The number of anilines is 1. The largest absolute Gasteiger partial charge is 0.324 e. The Morgan fingerprint density at radius 1 is 1.46 bits per heavy atom. The van der Waals surface area contributed by atoms with Crippen LogP contribution in [-0.2, 0) is 4.79 Å². The zero-order valence-corrected chi connectivity index (χ0v) is 7.37. The van der Waals surface area contributed by atoms with E-state index in [4.69, 9.17) is 0 Å². The van der Waals surface area contributed by atoms with E-state index >= 15 is 0 Å². The molecule has 0 saturated carbocycles. The quantitative estimate of drug-likeness (QED) is 0.642. The molecule has 0 atom stereocenters. The molecule has 0 aliphatic carbocycles. The van der Waals surface area contributed by atoms with Crippen LogP contribution in [0.4, 0.5) is 11.4 Å². The smallest absolute Gasteiger partial charge is 0.229 e. The molecular weight excluding hydrogens is 164 g/mol. The zero-order chi connectivity index (χ0) is 9.26. The van der Waals surface area contributed by atoms with Crippen molar-refractivity contribution < 1.29 is 4.79 Å². The number of hydrogen-bond donors (Lipinski definition) is 1. The number of carbonyl (C=O) groups is 1. The number of hydrogen-bond acceptors (Lipinski definition) is 2. The summed E-state index contributed by atoms with van der Waals surface area (Å²) in [6, 6.07) is 5.82. The molecule has 2 rings (SSSR count). The van der Waals surface area contributed by atoms with Crippen LogP contribution in [0, 0.1) is 6.92 Å². The first-order chi connectivity index (χ1) is 6.25. The van der Waals surface area contributed by atoms with Gasteiger partial charge < -0.3 is 5.32 Å². The molecule has 0 radical (unpaired) electrons. The molecule has 1 aromatic rings. The predicted molar refractivity (Wildman–Crippen MR) is 52.6 cm³/mol. The second-order valence-electron chi connectivity index (χ2n) is 3.08. The Labute approximate surface area is 76.5 Å². The Bertz CT molecular complexity index is 383. The van der Waals surface area contributed by atoms with Crippen molar-refractivity contribution >= 4 is 23.5 Å². The van der Waals surface area contributed by atoms with Crippen LogP contribution in [0.15, 0.2) is 23.2 Å². The van der Waals surface area contributed by atoms with E-state index in [1.807, 2.05) is 25.1 Å². The van der Waals surface area contributed by atoms with Crippen molar-refractivity contribution in [2.45, 2.75) is 13.3 Å². The van der Waals surface area contributed by atoms with Crippen molar-refractivity contribution in [3.8, 4) is 0 Å². The summed E-state index contributed by atoms with van der Waals surface area (Å²) in [4.78, 5) is 15.3. The summed E-state index contributed by atoms with van der Waals surface area (Å²) in [7, 11) is 0. The fraction of sp³-hybridized carbons (Fsp3) is 0.200. The van der Waals surface area contributed by atoms with Crippen LogP contribution >= 0.6 is 0 Å². The SMILES string of the molecule is Cc1ccc2c(c1)NC(=O)CC=N2. The van der Waals surface area contributed by atoms with Crippen molar-refractivity contribution in [2.24, 2.45) is 4.99 Å². The van der Waals surface area contributed by atoms with Gasteiger partial charge in [0.15, 0.2) is 0 Å². The van der Waals surface area contributed by atoms with E-state index in [2.05, 4.69) is 10.3 Å². The van der Waals surface area contributed by atoms with E-state index in [1.165, 1.54) is 0 Å². The van der Waals surface area contributed by atoms with Crippen molar-refractivity contribution in [2.75, 3.05) is 5.32 Å². The molecule has 1 heterocycles. The Morgan fingerprint density at radius 3 is 3.15 bits per heavy atom. The highest BCUT2D eigenvalue weighted by Crippen LogP contribution is 2.27. The summed E-state index contributed by atoms with van der Waals surface area (Å²) in [5.41, 5.74) is 2.76. The minimum atomic E-state index is -0.00639. The predicted octanol–water partition coefficient (Wildman–Crippen LogP) is 2.04. The van der Waals surface area contributed by atoms with Crippen molar-refractivity contribution in [1.82, 2.24) is 0 Å². The molecule has 3 heteroatoms. The van der Waals surface area contributed by atoms with Gasteiger partial charge in [-0.15, -0.1) is 0 Å². The molecule has 0 spiro atoms. The first-order valence-electron chi connectivity index (χ1n) is 4.19. The van der Waals surface area contributed by atoms with Gasteiger partial charge in [0.1, 0.15) is 0 Å². The minimum Gasteiger partial charge on any atom is -0.324 e. The lowest BCUT2D eigenvalue weighted by Gasteiger charge is -2.04. The lowest BCUT2D eigenvalue weighted by atomic mass is 10.2. The number of carbonyl (C=O) groups excluding carboxylic acids is 1. The van der Waals surface area contributed by atoms with Crippen LogP contribution in [-0.4, -0.2) is 12.1 Å². The van der Waals surface area contributed by atoms with E-state index in [9.17, 15) is 4.79 Å². The van der Waals surface area contributed by atoms with E-state index in [0.29, 0.717) is 6.42 Å². The van der Waals surface area contributed by atoms with Gasteiger partial charge in [0.05, 0.1) is 17.8 Å². The van der Waals surface area contributed by atoms with Gasteiger partial charge in [-0.05, 0) is 24.6 Å². The van der Waals surface area contributed by atoms with Gasteiger partial charge in [-0.2, -0.15) is 0 Å². The van der Waals surface area contributed by atoms with Crippen LogP contribution in [0.25, 0.3) is 0 Å². The maximum absolute atomic E-state index is 11.2. The molecule has 1 aromatic carbocycles. The first kappa shape index (κ1) is 7.98. The van der Waals surface area contributed by atoms with E-state index in [-0.39, 0.29) is 5.91 Å². The molecule has 0 saturated heterocycles. The number of fused-ring (bicyclic) bond motifs is 1. The second kappa shape index (κ2) is 3.01. The molecule has 1 N–H and O–H groups in total. The second-order valence-corrected chi connectivity index (χ2v) is 3.08. The molecule has 13 heavy (non-hydrogen) atoms. The molecular formula is C10H10N2O. The summed E-state index contributed by atoms with van der Waals surface area (Å²) < 4.78 is 0. The molecule has 3 nitrogen and oxygen atoms in total. The third-order valence-corrected chi connectivity index (χ3v) is 1.93. The Hall–Kier alpha value is -1.64. The highest BCUT2D eigenvalue weighted by Gasteiger charge is 2.08. The Morgan fingerprint density at radius 2 is 2.31 bits per heavy atom. The van der Waals surface area contributed by atoms with E-state index in [1.54, 1.807) is 6.21 Å². The summed E-state index contributed by atoms with van der Waals surface area (Å²) in [6.45, 7) is 1.99. The first-order valence-corrected chi connectivity index (χ1v) is 4.19. The van der Waals surface area contributed by atoms with Crippen LogP contribution in [0.5, 0.6) is 0 Å². The average Bonchev–Trinajstić information content (AvgIpc) is 2.25. The highest BCUT2D eigenvalue weighted by atomic mass is 16.1. The van der Waals surface area contributed by atoms with Crippen molar-refractivity contribution in [1.29, 1.82) is 0 Å². The molecule has 0 unspecified atom stereocenters. The summed E-state index contributed by atoms with van der Waals surface area (Å²) >= 11 is 0. The summed E-state index contributed by atoms with van der Waals surface area (Å²) in [5.74, 6) is -0.00639. The molecule has 1 aliphatic heterocycles. The summed E-state index contributed by atoms with van der Waals surface area (Å²) in [6.07, 6.45) is 1.99. The van der Waals surface area contributed by atoms with Gasteiger partial charge in [-0.3, -0.25) is 9.79 Å². The van der Waals surface area contributed by atoms with E-state index < -0.39 is 0 Å². The molecule has 1 amide bonds. The summed E-state index contributed by atoms with van der Waals surface area (Å²) in [5, 5.41) is 2.80. The number of nitrogens with one attached hydrogen (secondary N) is 1. The Kier molecular flexibility index (Phi) is 1.85. The molecule has 0 bridgehead atoms. The van der Waals surface area contributed by atoms with Gasteiger partial charge in [-0.25, -0.2) is 0 Å². The minimum absolute atomic E-state index is 0.00639. The van der Waals surface area contributed by atoms with Gasteiger partial charge >= 0.3 is 0 Å². The van der Waals surface area contributed by atoms with Crippen LogP contribution < -0.4 is 5.32 Å². The topological polar surface area (TPSA) is 41.5 Å². The van der Waals surface area contributed by atoms with Crippen LogP contribution in [0.1, 0.15) is 12.0 Å². The number of nitrogens with zero attached hydrogens (tertiary/aromatic N) is 1. The normalized spacial score (nSPS) is 14.7. The monoisotopic (exact) mass is 174 g/mol. The number of aliphatic imine (C=N–C) groups is 1. The number of amides is 1. The van der Waals surface area contributed by atoms with Crippen LogP contribution in [0.3, 0.4) is 0 Å². The lowest BCUT2D eigenvalue weighted by Crippen LogP contribution is -2.09. The molecule has 1 aliphatic rings. The van der Waals surface area contributed by atoms with Gasteiger partial charge in [0.25, 0.3) is 0 Å². The standard InChI is InChI=1S/C10H10N2O/c1-7-2-3-8-9(6-7)12-10(13)4-5-11-8/h2-3,5-6H,4H2,1H3,(H,12,13). The molecule has 0 aromatic heterocycles. The average molecular weight is 174 g/mol. The maximum Gasteiger partial charge on any atom is 0.229 e. The fourth-order valence-corrected chi connectivity index (χ4v) is 1.29. The van der Waals surface area contributed by atoms with Gasteiger partial charge in [-0.1, -0.05) is 6.07 Å². The highest BCUT2D eigenvalue weighted by molar-refractivity contribution is 6.03. The third kappa shape index (κ3) is 1.59. The number of rotatable bonds is 0.